The molecule has 0 saturated heterocycles. The third-order valence-electron chi connectivity index (χ3n) is 4.26. The number of carbonyl (C=O) groups is 2. The largest absolute Gasteiger partial charge is 0.483 e. The van der Waals surface area contributed by atoms with Crippen molar-refractivity contribution in [2.45, 2.75) is 13.5 Å². The summed E-state index contributed by atoms with van der Waals surface area (Å²) >= 11 is 0. The molecule has 0 atom stereocenters. The number of aryl methyl sites for hydroxylation is 1. The molecular formula is C23H22N2O3. The molecule has 0 saturated carbocycles. The van der Waals surface area contributed by atoms with Crippen LogP contribution in [0.15, 0.2) is 78.9 Å². The summed E-state index contributed by atoms with van der Waals surface area (Å²) in [5, 5.41) is 5.65. The standard InChI is InChI=1S/C23H22N2O3/c1-17-9-5-6-10-18(17)15-24-22(26)16-28-21-14-8-7-13-20(21)23(27)25-19-11-3-2-4-12-19/h2-14H,15-16H2,1H3,(H,24,26)(H,25,27). The molecule has 5 heteroatoms. The molecule has 2 amide bonds. The summed E-state index contributed by atoms with van der Waals surface area (Å²) in [7, 11) is 0. The Morgan fingerprint density at radius 1 is 0.857 bits per heavy atom. The zero-order valence-corrected chi connectivity index (χ0v) is 15.6. The van der Waals surface area contributed by atoms with Crippen molar-refractivity contribution >= 4 is 17.5 Å². The van der Waals surface area contributed by atoms with Crippen LogP contribution in [-0.2, 0) is 11.3 Å². The first-order valence-electron chi connectivity index (χ1n) is 9.03. The highest BCUT2D eigenvalue weighted by Gasteiger charge is 2.13. The van der Waals surface area contributed by atoms with E-state index < -0.39 is 0 Å². The predicted octanol–water partition coefficient (Wildman–Crippen LogP) is 3.94. The third kappa shape index (κ3) is 5.20. The fourth-order valence-electron chi connectivity index (χ4n) is 2.70. The number of anilines is 1. The number of carbonyl (C=O) groups excluding carboxylic acids is 2. The van der Waals surface area contributed by atoms with Crippen molar-refractivity contribution in [1.29, 1.82) is 0 Å². The SMILES string of the molecule is Cc1ccccc1CNC(=O)COc1ccccc1C(=O)Nc1ccccc1. The summed E-state index contributed by atoms with van der Waals surface area (Å²) in [4.78, 5) is 24.7. The first-order valence-corrected chi connectivity index (χ1v) is 9.03. The fourth-order valence-corrected chi connectivity index (χ4v) is 2.70. The Bertz CT molecular complexity index is 955. The molecule has 2 N–H and O–H groups in total. The fraction of sp³-hybridized carbons (Fsp3) is 0.130. The van der Waals surface area contributed by atoms with Crippen LogP contribution < -0.4 is 15.4 Å². The van der Waals surface area contributed by atoms with Crippen molar-refractivity contribution in [3.05, 3.63) is 95.6 Å². The Hall–Kier alpha value is -3.60. The molecule has 0 bridgehead atoms. The molecule has 142 valence electrons. The molecule has 0 radical (unpaired) electrons. The van der Waals surface area contributed by atoms with Gasteiger partial charge in [-0.2, -0.15) is 0 Å². The molecule has 28 heavy (non-hydrogen) atoms. The first-order chi connectivity index (χ1) is 13.6. The van der Waals surface area contributed by atoms with E-state index in [-0.39, 0.29) is 18.4 Å². The minimum Gasteiger partial charge on any atom is -0.483 e. The second-order valence-electron chi connectivity index (χ2n) is 6.31. The molecule has 0 aliphatic rings. The Labute approximate surface area is 164 Å². The zero-order chi connectivity index (χ0) is 19.8. The van der Waals surface area contributed by atoms with Gasteiger partial charge in [0.2, 0.25) is 0 Å². The number of para-hydroxylation sites is 2. The van der Waals surface area contributed by atoms with E-state index in [4.69, 9.17) is 4.74 Å². The van der Waals surface area contributed by atoms with E-state index >= 15 is 0 Å². The molecule has 0 aromatic heterocycles. The van der Waals surface area contributed by atoms with Gasteiger partial charge < -0.3 is 15.4 Å². The topological polar surface area (TPSA) is 67.4 Å². The van der Waals surface area contributed by atoms with Gasteiger partial charge in [0.1, 0.15) is 5.75 Å². The van der Waals surface area contributed by atoms with Gasteiger partial charge in [-0.3, -0.25) is 9.59 Å². The van der Waals surface area contributed by atoms with Gasteiger partial charge in [0, 0.05) is 12.2 Å². The maximum absolute atomic E-state index is 12.5. The number of hydrogen-bond donors (Lipinski definition) is 2. The highest BCUT2D eigenvalue weighted by atomic mass is 16.5. The summed E-state index contributed by atoms with van der Waals surface area (Å²) in [5.74, 6) is -0.175. The zero-order valence-electron chi connectivity index (χ0n) is 15.6. The summed E-state index contributed by atoms with van der Waals surface area (Å²) in [6, 6.07) is 23.9. The maximum atomic E-state index is 12.5. The minimum atomic E-state index is -0.290. The van der Waals surface area contributed by atoms with E-state index in [0.717, 1.165) is 11.1 Å². The van der Waals surface area contributed by atoms with Crippen molar-refractivity contribution in [1.82, 2.24) is 5.32 Å². The maximum Gasteiger partial charge on any atom is 0.259 e. The highest BCUT2D eigenvalue weighted by molar-refractivity contribution is 6.06. The smallest absolute Gasteiger partial charge is 0.259 e. The molecule has 0 spiro atoms. The second-order valence-corrected chi connectivity index (χ2v) is 6.31. The van der Waals surface area contributed by atoms with Crippen LogP contribution in [0.5, 0.6) is 5.75 Å². The monoisotopic (exact) mass is 374 g/mol. The van der Waals surface area contributed by atoms with Gasteiger partial charge >= 0.3 is 0 Å². The average molecular weight is 374 g/mol. The van der Waals surface area contributed by atoms with Crippen LogP contribution >= 0.6 is 0 Å². The van der Waals surface area contributed by atoms with Crippen LogP contribution in [-0.4, -0.2) is 18.4 Å². The quantitative estimate of drug-likeness (QED) is 0.658. The highest BCUT2D eigenvalue weighted by Crippen LogP contribution is 2.19. The number of ether oxygens (including phenoxy) is 1. The van der Waals surface area contributed by atoms with Gasteiger partial charge in [-0.1, -0.05) is 54.6 Å². The normalized spacial score (nSPS) is 10.2. The van der Waals surface area contributed by atoms with Crippen LogP contribution in [0.25, 0.3) is 0 Å². The van der Waals surface area contributed by atoms with Gasteiger partial charge in [0.05, 0.1) is 5.56 Å². The summed E-state index contributed by atoms with van der Waals surface area (Å²) in [5.41, 5.74) is 3.24. The molecule has 0 heterocycles. The van der Waals surface area contributed by atoms with Crippen molar-refractivity contribution < 1.29 is 14.3 Å². The van der Waals surface area contributed by atoms with Crippen LogP contribution in [0.4, 0.5) is 5.69 Å². The number of hydrogen-bond acceptors (Lipinski definition) is 3. The minimum absolute atomic E-state index is 0.165. The van der Waals surface area contributed by atoms with Crippen molar-refractivity contribution in [2.24, 2.45) is 0 Å². The second kappa shape index (κ2) is 9.37. The molecule has 3 aromatic carbocycles. The first kappa shape index (κ1) is 19.2. The summed E-state index contributed by atoms with van der Waals surface area (Å²) in [6.07, 6.45) is 0. The van der Waals surface area contributed by atoms with Gasteiger partial charge in [-0.05, 0) is 42.3 Å². The number of benzene rings is 3. The Morgan fingerprint density at radius 2 is 1.54 bits per heavy atom. The lowest BCUT2D eigenvalue weighted by atomic mass is 10.1. The van der Waals surface area contributed by atoms with E-state index in [1.54, 1.807) is 36.4 Å². The average Bonchev–Trinajstić information content (AvgIpc) is 2.72. The van der Waals surface area contributed by atoms with Crippen molar-refractivity contribution in [3.8, 4) is 5.75 Å². The van der Waals surface area contributed by atoms with Gasteiger partial charge in [0.25, 0.3) is 11.8 Å². The molecule has 0 aliphatic heterocycles. The summed E-state index contributed by atoms with van der Waals surface area (Å²) < 4.78 is 5.60. The van der Waals surface area contributed by atoms with Gasteiger partial charge in [-0.15, -0.1) is 0 Å². The number of rotatable bonds is 7. The molecule has 0 fully saturated rings. The van der Waals surface area contributed by atoms with Crippen molar-refractivity contribution in [2.75, 3.05) is 11.9 Å². The number of nitrogens with one attached hydrogen (secondary N) is 2. The summed E-state index contributed by atoms with van der Waals surface area (Å²) in [6.45, 7) is 2.27. The molecular weight excluding hydrogens is 352 g/mol. The van der Waals surface area contributed by atoms with E-state index in [2.05, 4.69) is 10.6 Å². The molecule has 0 unspecified atom stereocenters. The van der Waals surface area contributed by atoms with Crippen LogP contribution in [0, 0.1) is 6.92 Å². The van der Waals surface area contributed by atoms with Gasteiger partial charge in [-0.25, -0.2) is 0 Å². The van der Waals surface area contributed by atoms with E-state index in [0.29, 0.717) is 23.5 Å². The Balaban J connectivity index is 1.58. The Kier molecular flexibility index (Phi) is 6.41. The molecule has 5 nitrogen and oxygen atoms in total. The van der Waals surface area contributed by atoms with E-state index in [9.17, 15) is 9.59 Å². The lowest BCUT2D eigenvalue weighted by Crippen LogP contribution is -2.29. The number of amides is 2. The Morgan fingerprint density at radius 3 is 2.32 bits per heavy atom. The van der Waals surface area contributed by atoms with Crippen LogP contribution in [0.2, 0.25) is 0 Å². The third-order valence-corrected chi connectivity index (χ3v) is 4.26. The predicted molar refractivity (Wildman–Crippen MR) is 109 cm³/mol. The van der Waals surface area contributed by atoms with Crippen molar-refractivity contribution in [3.63, 3.8) is 0 Å². The van der Waals surface area contributed by atoms with Crippen LogP contribution in [0.1, 0.15) is 21.5 Å². The van der Waals surface area contributed by atoms with E-state index in [1.165, 1.54) is 0 Å². The lowest BCUT2D eigenvalue weighted by Gasteiger charge is -2.12. The molecule has 0 aliphatic carbocycles. The lowest BCUT2D eigenvalue weighted by molar-refractivity contribution is -0.123. The van der Waals surface area contributed by atoms with Gasteiger partial charge in [0.15, 0.2) is 6.61 Å². The molecule has 3 rings (SSSR count). The van der Waals surface area contributed by atoms with Crippen LogP contribution in [0.3, 0.4) is 0 Å². The molecule has 3 aromatic rings. The van der Waals surface area contributed by atoms with E-state index in [1.807, 2.05) is 49.4 Å².